The maximum Gasteiger partial charge on any atom is 0.241 e. The summed E-state index contributed by atoms with van der Waals surface area (Å²) in [6.07, 6.45) is 3.76. The molecule has 1 aliphatic heterocycles. The first kappa shape index (κ1) is 13.2. The Labute approximate surface area is 118 Å². The predicted octanol–water partition coefficient (Wildman–Crippen LogP) is 1.44. The van der Waals surface area contributed by atoms with E-state index in [9.17, 15) is 0 Å². The summed E-state index contributed by atoms with van der Waals surface area (Å²) in [5, 5.41) is 3.99. The van der Waals surface area contributed by atoms with Crippen LogP contribution < -0.4 is 5.73 Å². The number of hydrogen-bond acceptors (Lipinski definition) is 6. The lowest BCUT2D eigenvalue weighted by Gasteiger charge is -2.35. The molecule has 0 aliphatic carbocycles. The Morgan fingerprint density at radius 3 is 3.10 bits per heavy atom. The van der Waals surface area contributed by atoms with Gasteiger partial charge in [0.1, 0.15) is 5.69 Å². The molecular formula is C14H19N5O. The van der Waals surface area contributed by atoms with Gasteiger partial charge in [0, 0.05) is 24.8 Å². The molecule has 2 aromatic heterocycles. The van der Waals surface area contributed by atoms with E-state index in [1.165, 1.54) is 0 Å². The van der Waals surface area contributed by atoms with Crippen molar-refractivity contribution in [3.8, 4) is 11.5 Å². The van der Waals surface area contributed by atoms with Crippen molar-refractivity contribution >= 4 is 0 Å². The fourth-order valence-electron chi connectivity index (χ4n) is 2.58. The van der Waals surface area contributed by atoms with Gasteiger partial charge in [0.25, 0.3) is 0 Å². The largest absolute Gasteiger partial charge is 0.337 e. The molecule has 0 aromatic carbocycles. The van der Waals surface area contributed by atoms with Crippen LogP contribution in [-0.4, -0.2) is 38.7 Å². The van der Waals surface area contributed by atoms with Gasteiger partial charge in [0.05, 0.1) is 6.54 Å². The van der Waals surface area contributed by atoms with Crippen molar-refractivity contribution in [1.29, 1.82) is 0 Å². The monoisotopic (exact) mass is 273 g/mol. The van der Waals surface area contributed by atoms with Crippen LogP contribution in [0.1, 0.15) is 25.7 Å². The minimum Gasteiger partial charge on any atom is -0.337 e. The van der Waals surface area contributed by atoms with E-state index in [2.05, 4.69) is 26.9 Å². The summed E-state index contributed by atoms with van der Waals surface area (Å²) in [4.78, 5) is 11.0. The Bertz CT molecular complexity index is 556. The molecule has 1 fully saturated rings. The molecule has 6 nitrogen and oxygen atoms in total. The van der Waals surface area contributed by atoms with Crippen LogP contribution in [0.15, 0.2) is 28.9 Å². The van der Waals surface area contributed by atoms with E-state index >= 15 is 0 Å². The van der Waals surface area contributed by atoms with Gasteiger partial charge in [0.2, 0.25) is 11.7 Å². The Morgan fingerprint density at radius 1 is 1.45 bits per heavy atom. The maximum absolute atomic E-state index is 5.97. The Kier molecular flexibility index (Phi) is 3.75. The van der Waals surface area contributed by atoms with Crippen molar-refractivity contribution in [3.63, 3.8) is 0 Å². The molecule has 2 aromatic rings. The number of nitrogens with two attached hydrogens (primary N) is 1. The number of pyridine rings is 1. The zero-order valence-corrected chi connectivity index (χ0v) is 11.6. The first-order valence-electron chi connectivity index (χ1n) is 6.96. The smallest absolute Gasteiger partial charge is 0.241 e. The minimum atomic E-state index is 0.313. The molecule has 0 bridgehead atoms. The average molecular weight is 273 g/mol. The van der Waals surface area contributed by atoms with Gasteiger partial charge < -0.3 is 10.3 Å². The van der Waals surface area contributed by atoms with Gasteiger partial charge in [-0.25, -0.2) is 0 Å². The molecule has 2 atom stereocenters. The van der Waals surface area contributed by atoms with Gasteiger partial charge in [-0.05, 0) is 31.9 Å². The van der Waals surface area contributed by atoms with Crippen molar-refractivity contribution < 1.29 is 4.52 Å². The van der Waals surface area contributed by atoms with Gasteiger partial charge in [0.15, 0.2) is 0 Å². The van der Waals surface area contributed by atoms with Crippen LogP contribution in [-0.2, 0) is 6.54 Å². The van der Waals surface area contributed by atoms with Crippen LogP contribution in [0.4, 0.5) is 0 Å². The minimum absolute atomic E-state index is 0.313. The summed E-state index contributed by atoms with van der Waals surface area (Å²) in [5.41, 5.74) is 6.71. The van der Waals surface area contributed by atoms with Crippen LogP contribution in [0.3, 0.4) is 0 Å². The third-order valence-corrected chi connectivity index (χ3v) is 3.75. The second-order valence-corrected chi connectivity index (χ2v) is 5.33. The number of rotatable bonds is 3. The molecule has 0 spiro atoms. The Balaban J connectivity index is 1.69. The highest BCUT2D eigenvalue weighted by molar-refractivity contribution is 5.46. The number of likely N-dealkylation sites (tertiary alicyclic amines) is 1. The molecule has 0 saturated carbocycles. The molecule has 0 amide bonds. The van der Waals surface area contributed by atoms with Gasteiger partial charge in [-0.15, -0.1) is 0 Å². The molecule has 3 rings (SSSR count). The van der Waals surface area contributed by atoms with Gasteiger partial charge in [-0.3, -0.25) is 9.88 Å². The molecule has 6 heteroatoms. The summed E-state index contributed by atoms with van der Waals surface area (Å²) in [7, 11) is 0. The third-order valence-electron chi connectivity index (χ3n) is 3.75. The quantitative estimate of drug-likeness (QED) is 0.911. The second kappa shape index (κ2) is 5.68. The molecule has 1 aliphatic rings. The predicted molar refractivity (Wildman–Crippen MR) is 74.6 cm³/mol. The average Bonchev–Trinajstić information content (AvgIpc) is 2.92. The summed E-state index contributed by atoms with van der Waals surface area (Å²) in [5.74, 6) is 1.18. The molecule has 2 unspecified atom stereocenters. The number of piperidine rings is 1. The van der Waals surface area contributed by atoms with E-state index in [1.807, 2.05) is 18.2 Å². The van der Waals surface area contributed by atoms with Gasteiger partial charge >= 0.3 is 0 Å². The third kappa shape index (κ3) is 2.86. The van der Waals surface area contributed by atoms with Crippen molar-refractivity contribution in [3.05, 3.63) is 30.3 Å². The van der Waals surface area contributed by atoms with E-state index in [-0.39, 0.29) is 0 Å². The van der Waals surface area contributed by atoms with Crippen LogP contribution in [0.5, 0.6) is 0 Å². The maximum atomic E-state index is 5.97. The first-order chi connectivity index (χ1) is 9.72. The van der Waals surface area contributed by atoms with Crippen LogP contribution in [0.25, 0.3) is 11.5 Å². The molecule has 2 N–H and O–H groups in total. The number of hydrogen-bond donors (Lipinski definition) is 1. The van der Waals surface area contributed by atoms with Crippen molar-refractivity contribution in [2.45, 2.75) is 38.4 Å². The summed E-state index contributed by atoms with van der Waals surface area (Å²) in [6, 6.07) is 6.41. The number of nitrogens with zero attached hydrogens (tertiary/aromatic N) is 4. The van der Waals surface area contributed by atoms with E-state index in [0.29, 0.717) is 30.3 Å². The number of aromatic nitrogens is 3. The lowest BCUT2D eigenvalue weighted by Crippen LogP contribution is -2.45. The van der Waals surface area contributed by atoms with E-state index in [4.69, 9.17) is 10.3 Å². The fraction of sp³-hybridized carbons (Fsp3) is 0.500. The zero-order valence-electron chi connectivity index (χ0n) is 11.6. The lowest BCUT2D eigenvalue weighted by molar-refractivity contribution is 0.124. The molecule has 1 saturated heterocycles. The lowest BCUT2D eigenvalue weighted by atomic mass is 9.99. The second-order valence-electron chi connectivity index (χ2n) is 5.33. The van der Waals surface area contributed by atoms with E-state index in [1.54, 1.807) is 6.20 Å². The normalized spacial score (nSPS) is 23.9. The molecule has 3 heterocycles. The molecule has 0 radical (unpaired) electrons. The van der Waals surface area contributed by atoms with Crippen LogP contribution in [0.2, 0.25) is 0 Å². The topological polar surface area (TPSA) is 81.1 Å². The Morgan fingerprint density at radius 2 is 2.35 bits per heavy atom. The van der Waals surface area contributed by atoms with Crippen molar-refractivity contribution in [2.75, 3.05) is 6.54 Å². The molecule has 20 heavy (non-hydrogen) atoms. The van der Waals surface area contributed by atoms with Gasteiger partial charge in [-0.2, -0.15) is 4.98 Å². The SMILES string of the molecule is CC1CC(N)CCN1Cc1nc(-c2ccccn2)no1. The molecule has 106 valence electrons. The molecular weight excluding hydrogens is 254 g/mol. The summed E-state index contributed by atoms with van der Waals surface area (Å²) in [6.45, 7) is 3.84. The van der Waals surface area contributed by atoms with Crippen LogP contribution >= 0.6 is 0 Å². The highest BCUT2D eigenvalue weighted by atomic mass is 16.5. The standard InChI is InChI=1S/C14H19N5O/c1-10-8-11(15)5-7-19(10)9-13-17-14(18-20-13)12-4-2-3-6-16-12/h2-4,6,10-11H,5,7-9,15H2,1H3. The van der Waals surface area contributed by atoms with Crippen LogP contribution in [0, 0.1) is 0 Å². The zero-order chi connectivity index (χ0) is 13.9. The Hall–Kier alpha value is -1.79. The first-order valence-corrected chi connectivity index (χ1v) is 6.96. The van der Waals surface area contributed by atoms with E-state index in [0.717, 1.165) is 25.1 Å². The fourth-order valence-corrected chi connectivity index (χ4v) is 2.58. The summed E-state index contributed by atoms with van der Waals surface area (Å²) < 4.78 is 5.32. The van der Waals surface area contributed by atoms with Gasteiger partial charge in [-0.1, -0.05) is 11.2 Å². The van der Waals surface area contributed by atoms with Crippen molar-refractivity contribution in [1.82, 2.24) is 20.0 Å². The highest BCUT2D eigenvalue weighted by Gasteiger charge is 2.24. The summed E-state index contributed by atoms with van der Waals surface area (Å²) >= 11 is 0. The van der Waals surface area contributed by atoms with Crippen molar-refractivity contribution in [2.24, 2.45) is 5.73 Å². The van der Waals surface area contributed by atoms with E-state index < -0.39 is 0 Å². The highest BCUT2D eigenvalue weighted by Crippen LogP contribution is 2.19.